The number of carbonyl (C=O) groups excluding carboxylic acids is 1. The van der Waals surface area contributed by atoms with Crippen molar-refractivity contribution in [1.29, 1.82) is 0 Å². The van der Waals surface area contributed by atoms with Crippen LogP contribution in [0.2, 0.25) is 0 Å². The number of rotatable bonds is 4. The van der Waals surface area contributed by atoms with Gasteiger partial charge in [-0.05, 0) is 6.92 Å². The lowest BCUT2D eigenvalue weighted by Crippen LogP contribution is -2.55. The highest BCUT2D eigenvalue weighted by atomic mass is 19.3. The fourth-order valence-corrected chi connectivity index (χ4v) is 2.95. The van der Waals surface area contributed by atoms with Gasteiger partial charge in [-0.1, -0.05) is 5.10 Å². The average Bonchev–Trinajstić information content (AvgIpc) is 3.12. The molecule has 1 aromatic heterocycles. The molecule has 2 aliphatic rings. The van der Waals surface area contributed by atoms with E-state index in [-0.39, 0.29) is 18.0 Å². The number of morpholine rings is 1. The van der Waals surface area contributed by atoms with Crippen molar-refractivity contribution in [2.75, 3.05) is 57.4 Å². The van der Waals surface area contributed by atoms with E-state index in [9.17, 15) is 13.6 Å². The summed E-state index contributed by atoms with van der Waals surface area (Å²) in [7, 11) is 0. The molecule has 0 N–H and O–H groups in total. The minimum Gasteiger partial charge on any atom is -0.402 e. The van der Waals surface area contributed by atoms with E-state index in [4.69, 9.17) is 9.15 Å². The first-order valence-corrected chi connectivity index (χ1v) is 8.03. The maximum absolute atomic E-state index is 12.6. The van der Waals surface area contributed by atoms with Crippen LogP contribution in [0.25, 0.3) is 0 Å². The summed E-state index contributed by atoms with van der Waals surface area (Å²) in [6.07, 6.45) is -2.77. The molecule has 0 spiro atoms. The van der Waals surface area contributed by atoms with Crippen molar-refractivity contribution in [3.63, 3.8) is 0 Å². The van der Waals surface area contributed by atoms with Gasteiger partial charge in [0.15, 0.2) is 0 Å². The molecule has 3 heterocycles. The number of carbonyl (C=O) groups is 1. The Kier molecular flexibility index (Phi) is 5.24. The van der Waals surface area contributed by atoms with Crippen molar-refractivity contribution in [2.24, 2.45) is 0 Å². The normalized spacial score (nSPS) is 21.3. The molecule has 10 heteroatoms. The second-order valence-electron chi connectivity index (χ2n) is 5.86. The first kappa shape index (κ1) is 17.0. The maximum Gasteiger partial charge on any atom is 0.318 e. The van der Waals surface area contributed by atoms with Gasteiger partial charge in [0.05, 0.1) is 19.3 Å². The molecule has 8 nitrogen and oxygen atoms in total. The van der Waals surface area contributed by atoms with E-state index in [1.165, 1.54) is 0 Å². The first-order valence-electron chi connectivity index (χ1n) is 8.03. The Morgan fingerprint density at radius 3 is 2.33 bits per heavy atom. The van der Waals surface area contributed by atoms with Crippen LogP contribution >= 0.6 is 0 Å². The Balaban J connectivity index is 1.53. The molecule has 0 radical (unpaired) electrons. The number of ether oxygens (including phenoxy) is 1. The molecule has 2 fully saturated rings. The monoisotopic (exact) mass is 345 g/mol. The van der Waals surface area contributed by atoms with E-state index in [2.05, 4.69) is 15.1 Å². The lowest BCUT2D eigenvalue weighted by Gasteiger charge is -2.38. The van der Waals surface area contributed by atoms with Crippen LogP contribution in [0, 0.1) is 0 Å². The Bertz CT molecular complexity index is 556. The van der Waals surface area contributed by atoms with E-state index < -0.39 is 12.3 Å². The van der Waals surface area contributed by atoms with E-state index >= 15 is 0 Å². The maximum atomic E-state index is 12.6. The second-order valence-corrected chi connectivity index (χ2v) is 5.86. The number of hydrogen-bond donors (Lipinski definition) is 0. The van der Waals surface area contributed by atoms with Crippen LogP contribution in [0.1, 0.15) is 19.2 Å². The predicted molar refractivity (Wildman–Crippen MR) is 79.9 cm³/mol. The lowest BCUT2D eigenvalue weighted by atomic mass is 10.2. The zero-order valence-corrected chi connectivity index (χ0v) is 13.5. The SMILES string of the molecule is CC(C(=O)N1CCN(c2nnc(C(F)F)o2)CC1)N1CCOCC1. The number of aromatic nitrogens is 2. The molecule has 2 aliphatic heterocycles. The number of hydrogen-bond acceptors (Lipinski definition) is 7. The van der Waals surface area contributed by atoms with Crippen LogP contribution in [-0.4, -0.2) is 84.4 Å². The Morgan fingerprint density at radius 2 is 1.75 bits per heavy atom. The molecule has 1 amide bonds. The standard InChI is InChI=1S/C14H21F2N5O3/c1-10(19-6-8-23-9-7-19)13(22)20-2-4-21(5-3-20)14-18-17-12(24-14)11(15)16/h10-11H,2-9H2,1H3. The predicted octanol–water partition coefficient (Wildman–Crippen LogP) is 0.377. The number of halogens is 2. The van der Waals surface area contributed by atoms with Crippen molar-refractivity contribution >= 4 is 11.9 Å². The quantitative estimate of drug-likeness (QED) is 0.781. The van der Waals surface area contributed by atoms with Gasteiger partial charge in [0.1, 0.15) is 0 Å². The third-order valence-corrected chi connectivity index (χ3v) is 4.43. The van der Waals surface area contributed by atoms with Gasteiger partial charge in [-0.2, -0.15) is 8.78 Å². The minimum atomic E-state index is -2.77. The molecular weight excluding hydrogens is 324 g/mol. The van der Waals surface area contributed by atoms with Gasteiger partial charge >= 0.3 is 12.4 Å². The zero-order valence-electron chi connectivity index (χ0n) is 13.5. The van der Waals surface area contributed by atoms with Crippen LogP contribution in [0.4, 0.5) is 14.8 Å². The first-order chi connectivity index (χ1) is 11.6. The van der Waals surface area contributed by atoms with Crippen LogP contribution in [0.3, 0.4) is 0 Å². The van der Waals surface area contributed by atoms with E-state index in [0.29, 0.717) is 39.4 Å². The Labute approximate surface area is 138 Å². The lowest BCUT2D eigenvalue weighted by molar-refractivity contribution is -0.138. The van der Waals surface area contributed by atoms with E-state index in [1.54, 1.807) is 9.80 Å². The fourth-order valence-electron chi connectivity index (χ4n) is 2.95. The van der Waals surface area contributed by atoms with Gasteiger partial charge < -0.3 is 19.0 Å². The number of anilines is 1. The molecule has 24 heavy (non-hydrogen) atoms. The van der Waals surface area contributed by atoms with Crippen LogP contribution in [-0.2, 0) is 9.53 Å². The van der Waals surface area contributed by atoms with Crippen molar-refractivity contribution in [3.8, 4) is 0 Å². The Morgan fingerprint density at radius 1 is 1.08 bits per heavy atom. The summed E-state index contributed by atoms with van der Waals surface area (Å²) < 4.78 is 35.3. The third kappa shape index (κ3) is 3.64. The van der Waals surface area contributed by atoms with Crippen LogP contribution < -0.4 is 4.90 Å². The zero-order chi connectivity index (χ0) is 17.1. The highest BCUT2D eigenvalue weighted by Crippen LogP contribution is 2.22. The van der Waals surface area contributed by atoms with Gasteiger partial charge in [0.25, 0.3) is 5.89 Å². The van der Waals surface area contributed by atoms with Crippen molar-refractivity contribution in [1.82, 2.24) is 20.0 Å². The molecule has 1 atom stereocenters. The minimum absolute atomic E-state index is 0.0790. The van der Waals surface area contributed by atoms with Gasteiger partial charge in [0.2, 0.25) is 5.91 Å². The molecule has 1 aromatic rings. The van der Waals surface area contributed by atoms with E-state index in [0.717, 1.165) is 13.1 Å². The van der Waals surface area contributed by atoms with Crippen molar-refractivity contribution in [3.05, 3.63) is 5.89 Å². The van der Waals surface area contributed by atoms with Gasteiger partial charge in [0, 0.05) is 39.3 Å². The number of alkyl halides is 2. The van der Waals surface area contributed by atoms with Gasteiger partial charge in [-0.15, -0.1) is 5.10 Å². The summed E-state index contributed by atoms with van der Waals surface area (Å²) in [5, 5.41) is 6.97. The highest BCUT2D eigenvalue weighted by molar-refractivity contribution is 5.81. The molecule has 134 valence electrons. The molecule has 0 aromatic carbocycles. The molecule has 0 saturated carbocycles. The topological polar surface area (TPSA) is 74.9 Å². The number of amides is 1. The van der Waals surface area contributed by atoms with Gasteiger partial charge in [-0.3, -0.25) is 9.69 Å². The summed E-state index contributed by atoms with van der Waals surface area (Å²) in [6.45, 7) is 6.67. The average molecular weight is 345 g/mol. The summed E-state index contributed by atoms with van der Waals surface area (Å²) in [5.41, 5.74) is 0. The highest BCUT2D eigenvalue weighted by Gasteiger charge is 2.30. The van der Waals surface area contributed by atoms with Crippen LogP contribution in [0.5, 0.6) is 0 Å². The summed E-state index contributed by atoms with van der Waals surface area (Å²) in [5.74, 6) is -0.597. The summed E-state index contributed by atoms with van der Waals surface area (Å²) in [4.78, 5) is 18.2. The number of piperazine rings is 1. The molecule has 3 rings (SSSR count). The van der Waals surface area contributed by atoms with Crippen LogP contribution in [0.15, 0.2) is 4.42 Å². The summed E-state index contributed by atoms with van der Waals surface area (Å²) >= 11 is 0. The van der Waals surface area contributed by atoms with Crippen molar-refractivity contribution < 1.29 is 22.7 Å². The van der Waals surface area contributed by atoms with E-state index in [1.807, 2.05) is 6.92 Å². The molecule has 0 aliphatic carbocycles. The molecule has 1 unspecified atom stereocenters. The second kappa shape index (κ2) is 7.39. The third-order valence-electron chi connectivity index (χ3n) is 4.43. The smallest absolute Gasteiger partial charge is 0.318 e. The Hall–Kier alpha value is -1.81. The summed E-state index contributed by atoms with van der Waals surface area (Å²) in [6, 6.07) is -0.104. The van der Waals surface area contributed by atoms with Crippen molar-refractivity contribution in [2.45, 2.75) is 19.4 Å². The fraction of sp³-hybridized carbons (Fsp3) is 0.786. The number of nitrogens with zero attached hydrogens (tertiary/aromatic N) is 5. The molecule has 0 bridgehead atoms. The van der Waals surface area contributed by atoms with Gasteiger partial charge in [-0.25, -0.2) is 0 Å². The largest absolute Gasteiger partial charge is 0.402 e. The molecule has 2 saturated heterocycles. The molecular formula is C14H21F2N5O3.